The van der Waals surface area contributed by atoms with E-state index >= 15 is 0 Å². The largest absolute Gasteiger partial charge is 0.359 e. The highest BCUT2D eigenvalue weighted by atomic mass is 35.5. The monoisotopic (exact) mass is 365 g/mol. The van der Waals surface area contributed by atoms with Crippen LogP contribution in [0.2, 0.25) is 5.02 Å². The zero-order valence-corrected chi connectivity index (χ0v) is 15.1. The van der Waals surface area contributed by atoms with Gasteiger partial charge >= 0.3 is 6.03 Å². The lowest BCUT2D eigenvalue weighted by Crippen LogP contribution is -2.47. The van der Waals surface area contributed by atoms with Crippen LogP contribution in [0.4, 0.5) is 16.2 Å². The molecule has 2 saturated heterocycles. The van der Waals surface area contributed by atoms with Gasteiger partial charge in [0.2, 0.25) is 5.91 Å². The van der Waals surface area contributed by atoms with Crippen molar-refractivity contribution in [2.45, 2.75) is 18.9 Å². The van der Waals surface area contributed by atoms with E-state index in [-0.39, 0.29) is 18.0 Å². The predicted molar refractivity (Wildman–Crippen MR) is 99.3 cm³/mol. The summed E-state index contributed by atoms with van der Waals surface area (Å²) < 4.78 is 0. The number of hydrogen-bond donors (Lipinski definition) is 3. The molecule has 2 aliphatic heterocycles. The summed E-state index contributed by atoms with van der Waals surface area (Å²) in [5.74, 6) is -0.0120. The molecule has 0 aliphatic carbocycles. The molecule has 0 bridgehead atoms. The molecule has 8 heteroatoms. The minimum atomic E-state index is -0.212. The summed E-state index contributed by atoms with van der Waals surface area (Å²) in [5.41, 5.74) is 1.44. The molecule has 0 unspecified atom stereocenters. The SMILES string of the molecule is CN1CCC(NC(=O)Nc2ccc(N3CCNC(=O)C3)c(Cl)c2)CC1. The van der Waals surface area contributed by atoms with E-state index in [0.717, 1.165) is 38.2 Å². The molecule has 0 radical (unpaired) electrons. The van der Waals surface area contributed by atoms with E-state index in [1.165, 1.54) is 0 Å². The third-order valence-electron chi connectivity index (χ3n) is 4.64. The van der Waals surface area contributed by atoms with Crippen LogP contribution in [0.25, 0.3) is 0 Å². The summed E-state index contributed by atoms with van der Waals surface area (Å²) in [6.45, 7) is 3.61. The Morgan fingerprint density at radius 2 is 2.04 bits per heavy atom. The number of carbonyl (C=O) groups is 2. The minimum absolute atomic E-state index is 0.0120. The Hall–Kier alpha value is -1.99. The van der Waals surface area contributed by atoms with Crippen LogP contribution in [-0.2, 0) is 4.79 Å². The van der Waals surface area contributed by atoms with Gasteiger partial charge in [-0.2, -0.15) is 0 Å². The van der Waals surface area contributed by atoms with E-state index in [4.69, 9.17) is 11.6 Å². The molecule has 7 nitrogen and oxygen atoms in total. The Balaban J connectivity index is 1.57. The molecule has 3 rings (SSSR count). The Kier molecular flexibility index (Phi) is 5.65. The first-order valence-corrected chi connectivity index (χ1v) is 8.96. The summed E-state index contributed by atoms with van der Waals surface area (Å²) in [6.07, 6.45) is 1.92. The zero-order valence-electron chi connectivity index (χ0n) is 14.3. The molecule has 0 aromatic heterocycles. The van der Waals surface area contributed by atoms with Crippen molar-refractivity contribution in [2.75, 3.05) is 50.0 Å². The van der Waals surface area contributed by atoms with Gasteiger partial charge in [0.15, 0.2) is 0 Å². The molecular weight excluding hydrogens is 342 g/mol. The van der Waals surface area contributed by atoms with Gasteiger partial charge in [-0.3, -0.25) is 4.79 Å². The average molecular weight is 366 g/mol. The summed E-state index contributed by atoms with van der Waals surface area (Å²) >= 11 is 6.35. The maximum atomic E-state index is 12.2. The maximum Gasteiger partial charge on any atom is 0.319 e. The molecule has 3 N–H and O–H groups in total. The molecule has 1 aromatic rings. The molecule has 136 valence electrons. The summed E-state index contributed by atoms with van der Waals surface area (Å²) in [6, 6.07) is 5.36. The first-order valence-electron chi connectivity index (χ1n) is 8.58. The number of carbonyl (C=O) groups excluding carboxylic acids is 2. The van der Waals surface area contributed by atoms with Crippen LogP contribution in [0, 0.1) is 0 Å². The Morgan fingerprint density at radius 1 is 1.28 bits per heavy atom. The highest BCUT2D eigenvalue weighted by Crippen LogP contribution is 2.29. The second-order valence-corrected chi connectivity index (χ2v) is 7.02. The topological polar surface area (TPSA) is 76.7 Å². The molecule has 1 aromatic carbocycles. The molecule has 25 heavy (non-hydrogen) atoms. The van der Waals surface area contributed by atoms with Gasteiger partial charge in [0, 0.05) is 24.8 Å². The quantitative estimate of drug-likeness (QED) is 0.758. The number of rotatable bonds is 3. The Morgan fingerprint density at radius 3 is 2.72 bits per heavy atom. The number of benzene rings is 1. The van der Waals surface area contributed by atoms with Gasteiger partial charge in [-0.1, -0.05) is 11.6 Å². The molecule has 0 spiro atoms. The fourth-order valence-corrected chi connectivity index (χ4v) is 3.49. The molecule has 2 fully saturated rings. The maximum absolute atomic E-state index is 12.2. The van der Waals surface area contributed by atoms with Crippen molar-refractivity contribution in [3.63, 3.8) is 0 Å². The molecule has 3 amide bonds. The fourth-order valence-electron chi connectivity index (χ4n) is 3.19. The number of piperidine rings is 1. The van der Waals surface area contributed by atoms with E-state index in [9.17, 15) is 9.59 Å². The van der Waals surface area contributed by atoms with Crippen molar-refractivity contribution in [1.82, 2.24) is 15.5 Å². The van der Waals surface area contributed by atoms with Crippen molar-refractivity contribution < 1.29 is 9.59 Å². The predicted octanol–water partition coefficient (Wildman–Crippen LogP) is 1.49. The lowest BCUT2D eigenvalue weighted by atomic mass is 10.1. The van der Waals surface area contributed by atoms with Gasteiger partial charge in [-0.05, 0) is 51.2 Å². The number of likely N-dealkylation sites (tertiary alicyclic amines) is 1. The van der Waals surface area contributed by atoms with Crippen LogP contribution in [0.5, 0.6) is 0 Å². The third kappa shape index (κ3) is 4.76. The van der Waals surface area contributed by atoms with E-state index in [1.54, 1.807) is 6.07 Å². The number of amides is 3. The summed E-state index contributed by atoms with van der Waals surface area (Å²) in [4.78, 5) is 27.9. The van der Waals surface area contributed by atoms with Gasteiger partial charge in [0.25, 0.3) is 0 Å². The highest BCUT2D eigenvalue weighted by Gasteiger charge is 2.20. The van der Waals surface area contributed by atoms with Gasteiger partial charge in [-0.25, -0.2) is 4.79 Å². The highest BCUT2D eigenvalue weighted by molar-refractivity contribution is 6.33. The van der Waals surface area contributed by atoms with E-state index in [2.05, 4.69) is 27.9 Å². The van der Waals surface area contributed by atoms with Crippen molar-refractivity contribution in [1.29, 1.82) is 0 Å². The van der Waals surface area contributed by atoms with Crippen LogP contribution in [-0.4, -0.2) is 62.7 Å². The first kappa shape index (κ1) is 17.8. The van der Waals surface area contributed by atoms with Crippen LogP contribution in [0.1, 0.15) is 12.8 Å². The van der Waals surface area contributed by atoms with Crippen LogP contribution >= 0.6 is 11.6 Å². The number of hydrogen-bond acceptors (Lipinski definition) is 4. The van der Waals surface area contributed by atoms with E-state index < -0.39 is 0 Å². The number of nitrogens with one attached hydrogen (secondary N) is 3. The summed E-state index contributed by atoms with van der Waals surface area (Å²) in [5, 5.41) is 9.15. The summed E-state index contributed by atoms with van der Waals surface area (Å²) in [7, 11) is 2.09. The zero-order chi connectivity index (χ0) is 17.8. The average Bonchev–Trinajstić information content (AvgIpc) is 2.57. The Bertz CT molecular complexity index is 646. The first-order chi connectivity index (χ1) is 12.0. The number of nitrogens with zero attached hydrogens (tertiary/aromatic N) is 2. The number of halogens is 1. The lowest BCUT2D eigenvalue weighted by molar-refractivity contribution is -0.120. The van der Waals surface area contributed by atoms with E-state index in [0.29, 0.717) is 23.8 Å². The number of anilines is 2. The molecule has 0 saturated carbocycles. The van der Waals surface area contributed by atoms with Crippen molar-refractivity contribution >= 4 is 34.9 Å². The molecule has 2 heterocycles. The molecule has 2 aliphatic rings. The second kappa shape index (κ2) is 7.93. The van der Waals surface area contributed by atoms with Crippen molar-refractivity contribution in [2.24, 2.45) is 0 Å². The second-order valence-electron chi connectivity index (χ2n) is 6.61. The third-order valence-corrected chi connectivity index (χ3v) is 4.94. The van der Waals surface area contributed by atoms with Crippen LogP contribution in [0.3, 0.4) is 0 Å². The normalized spacial score (nSPS) is 19.4. The van der Waals surface area contributed by atoms with Gasteiger partial charge < -0.3 is 25.8 Å². The van der Waals surface area contributed by atoms with Gasteiger partial charge in [-0.15, -0.1) is 0 Å². The van der Waals surface area contributed by atoms with Crippen LogP contribution in [0.15, 0.2) is 18.2 Å². The van der Waals surface area contributed by atoms with Gasteiger partial charge in [0.1, 0.15) is 0 Å². The van der Waals surface area contributed by atoms with E-state index in [1.807, 2.05) is 17.0 Å². The van der Waals surface area contributed by atoms with Crippen LogP contribution < -0.4 is 20.9 Å². The molecule has 0 atom stereocenters. The number of piperazine rings is 1. The minimum Gasteiger partial charge on any atom is -0.359 e. The van der Waals surface area contributed by atoms with Crippen molar-refractivity contribution in [3.8, 4) is 0 Å². The lowest BCUT2D eigenvalue weighted by Gasteiger charge is -2.30. The smallest absolute Gasteiger partial charge is 0.319 e. The number of urea groups is 1. The standard InChI is InChI=1S/C17H24ClN5O2/c1-22-7-4-12(5-8-22)20-17(25)21-13-2-3-15(14(18)10-13)23-9-6-19-16(24)11-23/h2-3,10,12H,4-9,11H2,1H3,(H,19,24)(H2,20,21,25). The Labute approximate surface area is 152 Å². The van der Waals surface area contributed by atoms with Gasteiger partial charge in [0.05, 0.1) is 17.3 Å². The fraction of sp³-hybridized carbons (Fsp3) is 0.529. The molecular formula is C17H24ClN5O2. The van der Waals surface area contributed by atoms with Crippen molar-refractivity contribution in [3.05, 3.63) is 23.2 Å².